The monoisotopic (exact) mass is 415 g/mol. The molecule has 1 aromatic rings. The van der Waals surface area contributed by atoms with Gasteiger partial charge in [-0.25, -0.2) is 9.86 Å². The van der Waals surface area contributed by atoms with E-state index in [0.717, 1.165) is 18.4 Å². The van der Waals surface area contributed by atoms with E-state index in [-0.39, 0.29) is 30.7 Å². The van der Waals surface area contributed by atoms with Gasteiger partial charge in [0.25, 0.3) is 5.91 Å². The molecule has 0 spiro atoms. The molecule has 1 fully saturated rings. The minimum atomic E-state index is -0.656. The lowest BCUT2D eigenvalue weighted by atomic mass is 10.0. The van der Waals surface area contributed by atoms with Crippen molar-refractivity contribution in [3.8, 4) is 0 Å². The quantitative estimate of drug-likeness (QED) is 0.567. The lowest BCUT2D eigenvalue weighted by Crippen LogP contribution is -2.52. The molecule has 0 bridgehead atoms. The minimum absolute atomic E-state index is 0.216. The molecule has 0 saturated carbocycles. The number of nitrogens with zero attached hydrogens (tertiary/aromatic N) is 2. The number of hydrogen-bond acceptors (Lipinski definition) is 6. The van der Waals surface area contributed by atoms with E-state index in [9.17, 15) is 19.2 Å². The second kappa shape index (κ2) is 8.45. The molecule has 1 atom stereocenters. The first-order valence-corrected chi connectivity index (χ1v) is 10.4. The van der Waals surface area contributed by atoms with Gasteiger partial charge >= 0.3 is 5.97 Å². The number of anilines is 1. The summed E-state index contributed by atoms with van der Waals surface area (Å²) in [5.41, 5.74) is 1.47. The van der Waals surface area contributed by atoms with Crippen LogP contribution in [0.15, 0.2) is 18.2 Å². The molecule has 1 unspecified atom stereocenters. The van der Waals surface area contributed by atoms with Crippen molar-refractivity contribution < 1.29 is 24.0 Å². The lowest BCUT2D eigenvalue weighted by Gasteiger charge is -2.35. The molecular weight excluding hydrogens is 386 g/mol. The van der Waals surface area contributed by atoms with Gasteiger partial charge < -0.3 is 9.74 Å². The summed E-state index contributed by atoms with van der Waals surface area (Å²) in [6, 6.07) is 4.63. The second-order valence-corrected chi connectivity index (χ2v) is 8.77. The Kier molecular flexibility index (Phi) is 6.14. The van der Waals surface area contributed by atoms with Crippen molar-refractivity contribution >= 4 is 29.4 Å². The summed E-state index contributed by atoms with van der Waals surface area (Å²) in [4.78, 5) is 55.9. The molecule has 8 nitrogen and oxygen atoms in total. The molecule has 0 radical (unpaired) electrons. The van der Waals surface area contributed by atoms with Gasteiger partial charge in [0.1, 0.15) is 6.04 Å². The summed E-state index contributed by atoms with van der Waals surface area (Å²) in [6.45, 7) is 8.10. The predicted molar refractivity (Wildman–Crippen MR) is 110 cm³/mol. The van der Waals surface area contributed by atoms with Gasteiger partial charge in [-0.15, -0.1) is 0 Å². The van der Waals surface area contributed by atoms with Crippen molar-refractivity contribution in [3.63, 3.8) is 0 Å². The van der Waals surface area contributed by atoms with Crippen molar-refractivity contribution in [2.45, 2.75) is 77.9 Å². The molecule has 0 aliphatic carbocycles. The van der Waals surface area contributed by atoms with Crippen LogP contribution < -0.4 is 10.4 Å². The molecule has 1 saturated heterocycles. The van der Waals surface area contributed by atoms with E-state index in [0.29, 0.717) is 24.1 Å². The SMILES string of the molecule is CCCCC(=O)ON(c1ccc2c(c1)CN(C1CCC(=O)NC1=O)C2=O)C(C)(C)C. The number of benzene rings is 1. The zero-order chi connectivity index (χ0) is 22.1. The van der Waals surface area contributed by atoms with Gasteiger partial charge in [-0.3, -0.25) is 19.7 Å². The number of carbonyl (C=O) groups excluding carboxylic acids is 4. The maximum Gasteiger partial charge on any atom is 0.332 e. The fourth-order valence-corrected chi connectivity index (χ4v) is 3.73. The first-order chi connectivity index (χ1) is 14.1. The van der Waals surface area contributed by atoms with E-state index in [1.807, 2.05) is 33.8 Å². The van der Waals surface area contributed by atoms with Crippen LogP contribution in [-0.2, 0) is 25.8 Å². The third kappa shape index (κ3) is 4.47. The van der Waals surface area contributed by atoms with Crippen molar-refractivity contribution in [2.75, 3.05) is 5.06 Å². The normalized spacial score (nSPS) is 18.9. The van der Waals surface area contributed by atoms with Gasteiger partial charge in [-0.2, -0.15) is 0 Å². The number of imide groups is 1. The third-order valence-electron chi connectivity index (χ3n) is 5.28. The van der Waals surface area contributed by atoms with Crippen molar-refractivity contribution in [2.24, 2.45) is 0 Å². The molecule has 2 heterocycles. The zero-order valence-corrected chi connectivity index (χ0v) is 18.0. The summed E-state index contributed by atoms with van der Waals surface area (Å²) in [7, 11) is 0. The molecule has 8 heteroatoms. The predicted octanol–water partition coefficient (Wildman–Crippen LogP) is 2.70. The Labute approximate surface area is 176 Å². The summed E-state index contributed by atoms with van der Waals surface area (Å²) >= 11 is 0. The van der Waals surface area contributed by atoms with Crippen LogP contribution in [-0.4, -0.2) is 40.2 Å². The molecule has 2 aliphatic rings. The van der Waals surface area contributed by atoms with Gasteiger partial charge in [0.2, 0.25) is 11.8 Å². The maximum atomic E-state index is 12.9. The number of rotatable bonds is 6. The number of hydrogen-bond donors (Lipinski definition) is 1. The smallest absolute Gasteiger partial charge is 0.332 e. The first-order valence-electron chi connectivity index (χ1n) is 10.4. The van der Waals surface area contributed by atoms with Crippen LogP contribution in [0.3, 0.4) is 0 Å². The van der Waals surface area contributed by atoms with Crippen LogP contribution in [0.5, 0.6) is 0 Å². The van der Waals surface area contributed by atoms with Crippen LogP contribution in [0.25, 0.3) is 0 Å². The van der Waals surface area contributed by atoms with E-state index >= 15 is 0 Å². The van der Waals surface area contributed by atoms with Crippen LogP contribution in [0.1, 0.15) is 75.7 Å². The Hall–Kier alpha value is -2.90. The Balaban J connectivity index is 1.82. The highest BCUT2D eigenvalue weighted by Gasteiger charge is 2.39. The van der Waals surface area contributed by atoms with Gasteiger partial charge in [0.05, 0.1) is 11.2 Å². The largest absolute Gasteiger partial charge is 0.340 e. The van der Waals surface area contributed by atoms with Gasteiger partial charge in [-0.1, -0.05) is 13.3 Å². The standard InChI is InChI=1S/C22H29N3O5/c1-5-6-7-19(27)30-25(22(2,3)4)15-8-9-16-14(12-15)13-24(21(16)29)17-10-11-18(26)23-20(17)28/h8-9,12,17H,5-7,10-11,13H2,1-4H3,(H,23,26,28). The fourth-order valence-electron chi connectivity index (χ4n) is 3.73. The molecule has 3 amide bonds. The molecule has 0 aromatic heterocycles. The van der Waals surface area contributed by atoms with Crippen molar-refractivity contribution in [1.29, 1.82) is 0 Å². The summed E-state index contributed by atoms with van der Waals surface area (Å²) < 4.78 is 0. The lowest BCUT2D eigenvalue weighted by molar-refractivity contribution is -0.147. The highest BCUT2D eigenvalue weighted by molar-refractivity contribution is 6.05. The summed E-state index contributed by atoms with van der Waals surface area (Å²) in [5, 5.41) is 3.88. The number of hydroxylamine groups is 1. The number of fused-ring (bicyclic) bond motifs is 1. The van der Waals surface area contributed by atoms with E-state index in [4.69, 9.17) is 4.84 Å². The van der Waals surface area contributed by atoms with Crippen LogP contribution in [0.2, 0.25) is 0 Å². The van der Waals surface area contributed by atoms with Gasteiger partial charge in [0.15, 0.2) is 0 Å². The summed E-state index contributed by atoms with van der Waals surface area (Å²) in [6.07, 6.45) is 2.54. The molecule has 1 N–H and O–H groups in total. The molecule has 2 aliphatic heterocycles. The van der Waals surface area contributed by atoms with Crippen LogP contribution in [0.4, 0.5) is 5.69 Å². The van der Waals surface area contributed by atoms with E-state index in [1.54, 1.807) is 17.2 Å². The number of unbranched alkanes of at least 4 members (excludes halogenated alkanes) is 1. The van der Waals surface area contributed by atoms with Gasteiger partial charge in [0, 0.05) is 24.9 Å². The highest BCUT2D eigenvalue weighted by Crippen LogP contribution is 2.33. The first kappa shape index (κ1) is 21.8. The molecule has 1 aromatic carbocycles. The topological polar surface area (TPSA) is 96.0 Å². The summed E-state index contributed by atoms with van der Waals surface area (Å²) in [5.74, 6) is -1.27. The zero-order valence-electron chi connectivity index (χ0n) is 18.0. The van der Waals surface area contributed by atoms with E-state index in [2.05, 4.69) is 5.32 Å². The van der Waals surface area contributed by atoms with Crippen molar-refractivity contribution in [3.05, 3.63) is 29.3 Å². The fraction of sp³-hybridized carbons (Fsp3) is 0.545. The highest BCUT2D eigenvalue weighted by atomic mass is 16.7. The molecular formula is C22H29N3O5. The minimum Gasteiger partial charge on any atom is -0.340 e. The van der Waals surface area contributed by atoms with Gasteiger partial charge in [-0.05, 0) is 57.4 Å². The Morgan fingerprint density at radius 1 is 1.27 bits per heavy atom. The average Bonchev–Trinajstić information content (AvgIpc) is 2.99. The third-order valence-corrected chi connectivity index (χ3v) is 5.28. The van der Waals surface area contributed by atoms with Crippen molar-refractivity contribution in [1.82, 2.24) is 10.2 Å². The molecule has 3 rings (SSSR count). The number of nitrogens with one attached hydrogen (secondary N) is 1. The second-order valence-electron chi connectivity index (χ2n) is 8.77. The number of carbonyl (C=O) groups is 4. The van der Waals surface area contributed by atoms with Crippen LogP contribution in [0, 0.1) is 0 Å². The van der Waals surface area contributed by atoms with E-state index < -0.39 is 17.5 Å². The number of piperidine rings is 1. The Morgan fingerprint density at radius 3 is 2.63 bits per heavy atom. The van der Waals surface area contributed by atoms with Crippen LogP contribution >= 0.6 is 0 Å². The molecule has 162 valence electrons. The molecule has 30 heavy (non-hydrogen) atoms. The Bertz CT molecular complexity index is 874. The number of amides is 3. The maximum absolute atomic E-state index is 12.9. The Morgan fingerprint density at radius 2 is 2.00 bits per heavy atom. The van der Waals surface area contributed by atoms with E-state index in [1.165, 1.54) is 4.90 Å². The average molecular weight is 415 g/mol.